The Kier molecular flexibility index (Phi) is 7.82. The summed E-state index contributed by atoms with van der Waals surface area (Å²) in [6, 6.07) is 6.32. The molecular weight excluding hydrogens is 372 g/mol. The number of ether oxygens (including phenoxy) is 2. The summed E-state index contributed by atoms with van der Waals surface area (Å²) >= 11 is 0. The normalized spacial score (nSPS) is 15.2. The van der Waals surface area contributed by atoms with E-state index in [1.54, 1.807) is 37.3 Å². The number of hydrogen-bond acceptors (Lipinski definition) is 5. The summed E-state index contributed by atoms with van der Waals surface area (Å²) < 4.78 is 9.69. The zero-order chi connectivity index (χ0) is 21.4. The largest absolute Gasteiger partial charge is 0.513 e. The molecule has 1 aromatic rings. The lowest BCUT2D eigenvalue weighted by Crippen LogP contribution is -2.46. The molecule has 1 aliphatic heterocycles. The van der Waals surface area contributed by atoms with Crippen molar-refractivity contribution in [2.24, 2.45) is 5.41 Å². The van der Waals surface area contributed by atoms with Gasteiger partial charge in [0.05, 0.1) is 6.61 Å². The van der Waals surface area contributed by atoms with Gasteiger partial charge in [0.25, 0.3) is 5.91 Å². The molecule has 29 heavy (non-hydrogen) atoms. The lowest BCUT2D eigenvalue weighted by molar-refractivity contribution is -0.127. The summed E-state index contributed by atoms with van der Waals surface area (Å²) in [5.74, 6) is 0.141. The van der Waals surface area contributed by atoms with Crippen LogP contribution in [0.1, 0.15) is 50.9 Å². The third kappa shape index (κ3) is 7.60. The van der Waals surface area contributed by atoms with Gasteiger partial charge in [-0.25, -0.2) is 4.79 Å². The molecule has 0 unspecified atom stereocenters. The number of nitrogens with one attached hydrogen (secondary N) is 1. The van der Waals surface area contributed by atoms with Crippen molar-refractivity contribution in [2.75, 3.05) is 19.7 Å². The number of likely N-dealkylation sites (tertiary alicyclic amines) is 1. The Balaban J connectivity index is 1.81. The molecule has 1 N–H and O–H groups in total. The van der Waals surface area contributed by atoms with Crippen molar-refractivity contribution in [3.05, 3.63) is 42.0 Å². The fraction of sp³-hybridized carbons (Fsp3) is 0.500. The van der Waals surface area contributed by atoms with Crippen LogP contribution >= 0.6 is 0 Å². The van der Waals surface area contributed by atoms with Crippen molar-refractivity contribution in [2.45, 2.75) is 46.6 Å². The molecule has 7 nitrogen and oxygen atoms in total. The van der Waals surface area contributed by atoms with Crippen molar-refractivity contribution in [1.29, 1.82) is 0 Å². The third-order valence-corrected chi connectivity index (χ3v) is 4.45. The molecule has 2 rings (SSSR count). The number of carbonyl (C=O) groups is 3. The van der Waals surface area contributed by atoms with Gasteiger partial charge in [-0.2, -0.15) is 0 Å². The summed E-state index contributed by atoms with van der Waals surface area (Å²) in [4.78, 5) is 37.8. The molecule has 0 radical (unpaired) electrons. The average Bonchev–Trinajstić information content (AvgIpc) is 2.67. The standard InChI is InChI=1S/C22H30N2O5/c1-5-28-21(27)29-18-8-6-16(7-9-18)20(26)23-17-11-14-24(15-12-17)19(25)10-13-22(2,3)4/h6-10,13,17H,5,11-12,14-15H2,1-4H3,(H,23,26)/b13-10+. The fourth-order valence-electron chi connectivity index (χ4n) is 2.86. The Bertz CT molecular complexity index is 741. The van der Waals surface area contributed by atoms with Crippen LogP contribution in [0.3, 0.4) is 0 Å². The third-order valence-electron chi connectivity index (χ3n) is 4.45. The molecule has 0 saturated carbocycles. The summed E-state index contributed by atoms with van der Waals surface area (Å²) in [6.45, 7) is 9.31. The number of benzene rings is 1. The quantitative estimate of drug-likeness (QED) is 0.463. The summed E-state index contributed by atoms with van der Waals surface area (Å²) in [6.07, 6.45) is 4.20. The first kappa shape index (κ1) is 22.5. The van der Waals surface area contributed by atoms with Gasteiger partial charge < -0.3 is 19.7 Å². The van der Waals surface area contributed by atoms with Gasteiger partial charge in [-0.15, -0.1) is 0 Å². The average molecular weight is 402 g/mol. The summed E-state index contributed by atoms with van der Waals surface area (Å²) in [5.41, 5.74) is 0.451. The van der Waals surface area contributed by atoms with E-state index in [0.717, 1.165) is 0 Å². The minimum Gasteiger partial charge on any atom is -0.434 e. The lowest BCUT2D eigenvalue weighted by Gasteiger charge is -2.32. The fourth-order valence-corrected chi connectivity index (χ4v) is 2.86. The van der Waals surface area contributed by atoms with Gasteiger partial charge in [0.2, 0.25) is 5.91 Å². The molecule has 0 bridgehead atoms. The number of allylic oxidation sites excluding steroid dienone is 1. The van der Waals surface area contributed by atoms with Crippen LogP contribution in [0.25, 0.3) is 0 Å². The predicted octanol–water partition coefficient (Wildman–Crippen LogP) is 3.55. The van der Waals surface area contributed by atoms with Crippen molar-refractivity contribution < 1.29 is 23.9 Å². The number of rotatable bonds is 5. The Morgan fingerprint density at radius 2 is 1.76 bits per heavy atom. The first-order valence-corrected chi connectivity index (χ1v) is 9.91. The molecule has 1 aromatic carbocycles. The monoisotopic (exact) mass is 402 g/mol. The molecule has 1 fully saturated rings. The maximum absolute atomic E-state index is 12.4. The molecule has 0 aliphatic carbocycles. The molecule has 7 heteroatoms. The second-order valence-corrected chi connectivity index (χ2v) is 8.08. The first-order valence-electron chi connectivity index (χ1n) is 9.91. The van der Waals surface area contributed by atoms with Crippen LogP contribution in [0.5, 0.6) is 5.75 Å². The van der Waals surface area contributed by atoms with E-state index in [9.17, 15) is 14.4 Å². The molecule has 0 spiro atoms. The van der Waals surface area contributed by atoms with E-state index in [2.05, 4.69) is 5.32 Å². The number of hydrogen-bond donors (Lipinski definition) is 1. The number of nitrogens with zero attached hydrogens (tertiary/aromatic N) is 1. The zero-order valence-corrected chi connectivity index (χ0v) is 17.6. The maximum Gasteiger partial charge on any atom is 0.513 e. The number of piperidine rings is 1. The van der Waals surface area contributed by atoms with E-state index in [-0.39, 0.29) is 29.9 Å². The minimum absolute atomic E-state index is 0.0156. The molecule has 1 heterocycles. The van der Waals surface area contributed by atoms with Crippen LogP contribution in [0.4, 0.5) is 4.79 Å². The smallest absolute Gasteiger partial charge is 0.434 e. The van der Waals surface area contributed by atoms with Crippen molar-refractivity contribution in [3.8, 4) is 5.75 Å². The number of carbonyl (C=O) groups excluding carboxylic acids is 3. The van der Waals surface area contributed by atoms with Gasteiger partial charge in [0.1, 0.15) is 5.75 Å². The molecule has 1 saturated heterocycles. The van der Waals surface area contributed by atoms with Crippen LogP contribution in [0.2, 0.25) is 0 Å². The summed E-state index contributed by atoms with van der Waals surface area (Å²) in [5, 5.41) is 3.00. The predicted molar refractivity (Wildman–Crippen MR) is 110 cm³/mol. The second-order valence-electron chi connectivity index (χ2n) is 8.08. The van der Waals surface area contributed by atoms with E-state index in [1.165, 1.54) is 0 Å². The van der Waals surface area contributed by atoms with Crippen LogP contribution in [0.15, 0.2) is 36.4 Å². The van der Waals surface area contributed by atoms with E-state index in [4.69, 9.17) is 9.47 Å². The number of amides is 2. The van der Waals surface area contributed by atoms with Gasteiger partial charge >= 0.3 is 6.16 Å². The minimum atomic E-state index is -0.775. The highest BCUT2D eigenvalue weighted by Gasteiger charge is 2.23. The highest BCUT2D eigenvalue weighted by atomic mass is 16.7. The SMILES string of the molecule is CCOC(=O)Oc1ccc(C(=O)NC2CCN(C(=O)/C=C/C(C)(C)C)CC2)cc1. The van der Waals surface area contributed by atoms with Crippen molar-refractivity contribution >= 4 is 18.0 Å². The van der Waals surface area contributed by atoms with Gasteiger partial charge in [-0.1, -0.05) is 26.8 Å². The van der Waals surface area contributed by atoms with Gasteiger partial charge in [-0.05, 0) is 55.5 Å². The van der Waals surface area contributed by atoms with Crippen LogP contribution in [0, 0.1) is 5.41 Å². The molecule has 0 atom stereocenters. The molecule has 1 aliphatic rings. The van der Waals surface area contributed by atoms with Gasteiger partial charge in [-0.3, -0.25) is 9.59 Å². The highest BCUT2D eigenvalue weighted by Crippen LogP contribution is 2.17. The first-order chi connectivity index (χ1) is 13.7. The molecule has 0 aromatic heterocycles. The van der Waals surface area contributed by atoms with Crippen LogP contribution in [-0.2, 0) is 9.53 Å². The van der Waals surface area contributed by atoms with E-state index < -0.39 is 6.16 Å². The summed E-state index contributed by atoms with van der Waals surface area (Å²) in [7, 11) is 0. The zero-order valence-electron chi connectivity index (χ0n) is 17.6. The topological polar surface area (TPSA) is 84.9 Å². The maximum atomic E-state index is 12.4. The van der Waals surface area contributed by atoms with Crippen molar-refractivity contribution in [3.63, 3.8) is 0 Å². The Labute approximate surface area is 172 Å². The van der Waals surface area contributed by atoms with Gasteiger partial charge in [0, 0.05) is 24.7 Å². The molecular formula is C22H30N2O5. The van der Waals surface area contributed by atoms with Crippen molar-refractivity contribution in [1.82, 2.24) is 10.2 Å². The molecule has 2 amide bonds. The Morgan fingerprint density at radius 3 is 2.31 bits per heavy atom. The van der Waals surface area contributed by atoms with Crippen LogP contribution in [-0.4, -0.2) is 48.6 Å². The van der Waals surface area contributed by atoms with E-state index in [0.29, 0.717) is 37.2 Å². The second kappa shape index (κ2) is 10.1. The van der Waals surface area contributed by atoms with Gasteiger partial charge in [0.15, 0.2) is 0 Å². The van der Waals surface area contributed by atoms with E-state index in [1.807, 2.05) is 31.7 Å². The highest BCUT2D eigenvalue weighted by molar-refractivity contribution is 5.94. The Morgan fingerprint density at radius 1 is 1.14 bits per heavy atom. The Hall–Kier alpha value is -2.83. The van der Waals surface area contributed by atoms with E-state index >= 15 is 0 Å². The van der Waals surface area contributed by atoms with Crippen LogP contribution < -0.4 is 10.1 Å². The lowest BCUT2D eigenvalue weighted by atomic mass is 9.96. The molecule has 158 valence electrons.